The van der Waals surface area contributed by atoms with Gasteiger partial charge in [-0.15, -0.1) is 0 Å². The Morgan fingerprint density at radius 2 is 1.64 bits per heavy atom. The molecule has 0 heterocycles. The number of rotatable bonds is 2. The number of nitrogens with two attached hydrogens (primary N) is 2. The number of aliphatic hydroxyl groups excluding tert-OH is 2. The van der Waals surface area contributed by atoms with E-state index < -0.39 is 5.88 Å². The molecule has 4 heteroatoms. The molecule has 4 nitrogen and oxygen atoms in total. The lowest BCUT2D eigenvalue weighted by molar-refractivity contribution is 0.400. The molecule has 0 fully saturated rings. The zero-order valence-electron chi connectivity index (χ0n) is 7.51. The van der Waals surface area contributed by atoms with Gasteiger partial charge in [0.15, 0.2) is 11.8 Å². The number of benzene rings is 1. The minimum atomic E-state index is -0.402. The number of aliphatic hydroxyl groups is 2. The summed E-state index contributed by atoms with van der Waals surface area (Å²) >= 11 is 0. The Kier molecular flexibility index (Phi) is 3.01. The van der Waals surface area contributed by atoms with Crippen molar-refractivity contribution in [2.24, 2.45) is 11.5 Å². The lowest BCUT2D eigenvalue weighted by Gasteiger charge is -2.03. The molecule has 1 aromatic rings. The third-order valence-electron chi connectivity index (χ3n) is 1.65. The highest BCUT2D eigenvalue weighted by atomic mass is 16.3. The molecule has 74 valence electrons. The van der Waals surface area contributed by atoms with Gasteiger partial charge < -0.3 is 21.7 Å². The average Bonchev–Trinajstić information content (AvgIpc) is 2.15. The largest absolute Gasteiger partial charge is 0.495 e. The smallest absolute Gasteiger partial charge is 0.189 e. The van der Waals surface area contributed by atoms with Crippen LogP contribution in [-0.2, 0) is 0 Å². The van der Waals surface area contributed by atoms with Crippen molar-refractivity contribution in [1.82, 2.24) is 0 Å². The van der Waals surface area contributed by atoms with Gasteiger partial charge in [-0.05, 0) is 5.56 Å². The molecule has 0 saturated carbocycles. The maximum Gasteiger partial charge on any atom is 0.189 e. The molecule has 1 rings (SSSR count). The van der Waals surface area contributed by atoms with Gasteiger partial charge in [0, 0.05) is 11.6 Å². The number of hydrogen-bond donors (Lipinski definition) is 4. The van der Waals surface area contributed by atoms with Gasteiger partial charge in [-0.25, -0.2) is 0 Å². The highest BCUT2D eigenvalue weighted by molar-refractivity contribution is 5.75. The van der Waals surface area contributed by atoms with Crippen molar-refractivity contribution in [3.05, 3.63) is 53.7 Å². The molecule has 1 aromatic carbocycles. The van der Waals surface area contributed by atoms with Gasteiger partial charge in [-0.1, -0.05) is 30.3 Å². The normalized spacial score (nSPS) is 13.6. The molecular formula is C10H12N2O2. The van der Waals surface area contributed by atoms with E-state index in [0.29, 0.717) is 11.1 Å². The fourth-order valence-corrected chi connectivity index (χ4v) is 1.07. The van der Waals surface area contributed by atoms with E-state index in [1.807, 2.05) is 6.07 Å². The Morgan fingerprint density at radius 1 is 1.07 bits per heavy atom. The lowest BCUT2D eigenvalue weighted by atomic mass is 10.1. The molecular weight excluding hydrogens is 180 g/mol. The molecule has 0 bridgehead atoms. The average molecular weight is 192 g/mol. The predicted molar refractivity (Wildman–Crippen MR) is 55.1 cm³/mol. The lowest BCUT2D eigenvalue weighted by Crippen LogP contribution is -2.02. The van der Waals surface area contributed by atoms with Gasteiger partial charge >= 0.3 is 0 Å². The molecule has 0 saturated heterocycles. The first-order chi connectivity index (χ1) is 6.61. The minimum Gasteiger partial charge on any atom is -0.495 e. The van der Waals surface area contributed by atoms with Gasteiger partial charge in [-0.3, -0.25) is 0 Å². The highest BCUT2D eigenvalue weighted by Gasteiger charge is 2.03. The minimum absolute atomic E-state index is 0.297. The van der Waals surface area contributed by atoms with Crippen LogP contribution < -0.4 is 11.5 Å². The highest BCUT2D eigenvalue weighted by Crippen LogP contribution is 2.16. The molecule has 6 N–H and O–H groups in total. The summed E-state index contributed by atoms with van der Waals surface area (Å²) in [4.78, 5) is 0. The van der Waals surface area contributed by atoms with Crippen molar-refractivity contribution >= 4 is 5.57 Å². The monoisotopic (exact) mass is 192 g/mol. The van der Waals surface area contributed by atoms with Crippen LogP contribution in [0.15, 0.2) is 48.2 Å². The molecule has 0 aliphatic heterocycles. The van der Waals surface area contributed by atoms with E-state index in [-0.39, 0.29) is 5.88 Å². The summed E-state index contributed by atoms with van der Waals surface area (Å²) in [5.41, 5.74) is 11.3. The summed E-state index contributed by atoms with van der Waals surface area (Å²) in [6, 6.07) is 8.91. The zero-order valence-corrected chi connectivity index (χ0v) is 7.51. The molecule has 0 aliphatic rings. The van der Waals surface area contributed by atoms with Crippen molar-refractivity contribution in [3.63, 3.8) is 0 Å². The molecule has 14 heavy (non-hydrogen) atoms. The van der Waals surface area contributed by atoms with Crippen molar-refractivity contribution < 1.29 is 10.2 Å². The fourth-order valence-electron chi connectivity index (χ4n) is 1.07. The third-order valence-corrected chi connectivity index (χ3v) is 1.65. The first-order valence-corrected chi connectivity index (χ1v) is 4.01. The van der Waals surface area contributed by atoms with Gasteiger partial charge in [0.05, 0.1) is 0 Å². The van der Waals surface area contributed by atoms with E-state index in [0.717, 1.165) is 0 Å². The molecule has 0 radical (unpaired) electrons. The van der Waals surface area contributed by atoms with E-state index in [2.05, 4.69) is 0 Å². The summed E-state index contributed by atoms with van der Waals surface area (Å²) in [6.07, 6.45) is 1.20. The maximum atomic E-state index is 9.16. The van der Waals surface area contributed by atoms with E-state index in [1.54, 1.807) is 24.3 Å². The van der Waals surface area contributed by atoms with Crippen LogP contribution in [0.25, 0.3) is 5.57 Å². The first-order valence-electron chi connectivity index (χ1n) is 4.01. The quantitative estimate of drug-likeness (QED) is 0.419. The summed E-state index contributed by atoms with van der Waals surface area (Å²) in [6.45, 7) is 0. The van der Waals surface area contributed by atoms with Crippen LogP contribution in [0.2, 0.25) is 0 Å². The molecule has 0 atom stereocenters. The third kappa shape index (κ3) is 2.45. The Labute approximate surface area is 81.8 Å². The summed E-state index contributed by atoms with van der Waals surface area (Å²) in [5.74, 6) is -0.783. The van der Waals surface area contributed by atoms with Crippen molar-refractivity contribution in [1.29, 1.82) is 0 Å². The topological polar surface area (TPSA) is 92.5 Å². The fraction of sp³-hybridized carbons (Fsp3) is 0. The predicted octanol–water partition coefficient (Wildman–Crippen LogP) is 1.23. The van der Waals surface area contributed by atoms with Crippen molar-refractivity contribution in [3.8, 4) is 0 Å². The van der Waals surface area contributed by atoms with Gasteiger partial charge in [-0.2, -0.15) is 0 Å². The van der Waals surface area contributed by atoms with Crippen molar-refractivity contribution in [2.75, 3.05) is 0 Å². The second kappa shape index (κ2) is 4.23. The second-order valence-electron chi connectivity index (χ2n) is 2.73. The molecule has 0 unspecified atom stereocenters. The van der Waals surface area contributed by atoms with Gasteiger partial charge in [0.25, 0.3) is 0 Å². The Hall–Kier alpha value is -2.10. The first kappa shape index (κ1) is 9.98. The van der Waals surface area contributed by atoms with Crippen LogP contribution in [0.4, 0.5) is 0 Å². The Bertz CT molecular complexity index is 361. The Morgan fingerprint density at radius 3 is 2.07 bits per heavy atom. The standard InChI is InChI=1S/C10H12N2O2/c11-9(13)6-8(10(12)14)7-4-2-1-3-5-7/h1-6,13-14H,11-12H2/b9-6+,10-8-. The van der Waals surface area contributed by atoms with E-state index in [9.17, 15) is 0 Å². The summed E-state index contributed by atoms with van der Waals surface area (Å²) < 4.78 is 0. The number of hydrogen-bond acceptors (Lipinski definition) is 4. The molecule has 0 aliphatic carbocycles. The molecule has 0 aromatic heterocycles. The van der Waals surface area contributed by atoms with E-state index in [1.165, 1.54) is 6.08 Å². The van der Waals surface area contributed by atoms with E-state index >= 15 is 0 Å². The van der Waals surface area contributed by atoms with Gasteiger partial charge in [0.2, 0.25) is 0 Å². The van der Waals surface area contributed by atoms with Gasteiger partial charge in [0.1, 0.15) is 0 Å². The maximum absolute atomic E-state index is 9.16. The molecule has 0 spiro atoms. The van der Waals surface area contributed by atoms with Crippen LogP contribution in [0, 0.1) is 0 Å². The SMILES string of the molecule is N/C(O)=C(\C=C(/N)O)c1ccccc1. The Balaban J connectivity index is 3.17. The summed E-state index contributed by atoms with van der Waals surface area (Å²) in [5, 5.41) is 18.0. The van der Waals surface area contributed by atoms with Crippen LogP contribution in [0.1, 0.15) is 5.56 Å². The number of allylic oxidation sites excluding steroid dienone is 2. The van der Waals surface area contributed by atoms with Crippen LogP contribution in [0.3, 0.4) is 0 Å². The van der Waals surface area contributed by atoms with Crippen molar-refractivity contribution in [2.45, 2.75) is 0 Å². The summed E-state index contributed by atoms with van der Waals surface area (Å²) in [7, 11) is 0. The van der Waals surface area contributed by atoms with Crippen LogP contribution in [0.5, 0.6) is 0 Å². The second-order valence-corrected chi connectivity index (χ2v) is 2.73. The zero-order chi connectivity index (χ0) is 10.6. The van der Waals surface area contributed by atoms with E-state index in [4.69, 9.17) is 21.7 Å². The molecule has 0 amide bonds. The van der Waals surface area contributed by atoms with Crippen LogP contribution in [-0.4, -0.2) is 10.2 Å². The van der Waals surface area contributed by atoms with Crippen LogP contribution >= 0.6 is 0 Å².